The van der Waals surface area contributed by atoms with E-state index in [0.717, 1.165) is 10.3 Å². The van der Waals surface area contributed by atoms with E-state index in [0.29, 0.717) is 0 Å². The molecule has 2 aromatic heterocycles. The first-order chi connectivity index (χ1) is 11.2. The minimum Gasteiger partial charge on any atom is -0.236 e. The molecule has 0 N–H and O–H groups in total. The van der Waals surface area contributed by atoms with Gasteiger partial charge in [-0.15, -0.1) is 11.3 Å². The van der Waals surface area contributed by atoms with Crippen LogP contribution in [0.3, 0.4) is 0 Å². The second-order valence-corrected chi connectivity index (χ2v) is 7.26. The quantitative estimate of drug-likeness (QED) is 0.303. The average Bonchev–Trinajstić information content (AvgIpc) is 2.90. The van der Waals surface area contributed by atoms with Crippen molar-refractivity contribution in [3.63, 3.8) is 0 Å². The first kappa shape index (κ1) is 13.0. The lowest BCUT2D eigenvalue weighted by Crippen LogP contribution is -1.82. The molecule has 2 heterocycles. The van der Waals surface area contributed by atoms with Crippen LogP contribution in [0.2, 0.25) is 0 Å². The summed E-state index contributed by atoms with van der Waals surface area (Å²) in [5, 5.41) is 6.30. The van der Waals surface area contributed by atoms with Crippen molar-refractivity contribution in [2.45, 2.75) is 13.8 Å². The van der Waals surface area contributed by atoms with Gasteiger partial charge in [-0.25, -0.2) is 4.98 Å². The van der Waals surface area contributed by atoms with Gasteiger partial charge in [-0.3, -0.25) is 0 Å². The lowest BCUT2D eigenvalue weighted by atomic mass is 10.0. The van der Waals surface area contributed by atoms with E-state index in [-0.39, 0.29) is 0 Å². The maximum atomic E-state index is 5.02. The van der Waals surface area contributed by atoms with Gasteiger partial charge in [-0.1, -0.05) is 36.4 Å². The molecule has 3 aromatic carbocycles. The molecule has 23 heavy (non-hydrogen) atoms. The van der Waals surface area contributed by atoms with Crippen LogP contribution in [-0.4, -0.2) is 4.98 Å². The van der Waals surface area contributed by atoms with Gasteiger partial charge in [0.25, 0.3) is 0 Å². The van der Waals surface area contributed by atoms with Crippen LogP contribution in [0.5, 0.6) is 0 Å². The molecule has 110 valence electrons. The van der Waals surface area contributed by atoms with Crippen molar-refractivity contribution in [2.24, 2.45) is 0 Å². The molecule has 0 aliphatic carbocycles. The van der Waals surface area contributed by atoms with E-state index < -0.39 is 0 Å². The highest BCUT2D eigenvalue weighted by Gasteiger charge is 2.10. The first-order valence-electron chi connectivity index (χ1n) is 7.83. The normalized spacial score (nSPS) is 11.9. The molecule has 0 radical (unpaired) electrons. The Balaban J connectivity index is 1.99. The minimum absolute atomic E-state index is 1.11. The lowest BCUT2D eigenvalue weighted by Gasteiger charge is -2.04. The second kappa shape index (κ2) is 4.53. The van der Waals surface area contributed by atoms with Crippen molar-refractivity contribution >= 4 is 53.3 Å². The number of aryl methyl sites for hydroxylation is 2. The maximum absolute atomic E-state index is 5.02. The number of pyridine rings is 1. The molecule has 5 aromatic rings. The van der Waals surface area contributed by atoms with Crippen molar-refractivity contribution in [1.29, 1.82) is 0 Å². The van der Waals surface area contributed by atoms with Gasteiger partial charge in [0.1, 0.15) is 4.83 Å². The van der Waals surface area contributed by atoms with Crippen LogP contribution in [0.15, 0.2) is 54.6 Å². The molecule has 2 heteroatoms. The standard InChI is InChI=1S/C21H15NS/c1-12-9-17-18-11-15-8-7-14-5-3-4-6-16(14)20(15)22-21(18)23-19(17)10-13(12)2/h3-11H,1-2H3. The molecular formula is C21H15NS. The molecule has 1 nitrogen and oxygen atoms in total. The molecule has 0 saturated carbocycles. The van der Waals surface area contributed by atoms with Crippen molar-refractivity contribution in [1.82, 2.24) is 4.98 Å². The Morgan fingerprint density at radius 3 is 2.43 bits per heavy atom. The summed E-state index contributed by atoms with van der Waals surface area (Å²) in [7, 11) is 0. The van der Waals surface area contributed by atoms with E-state index in [9.17, 15) is 0 Å². The van der Waals surface area contributed by atoms with E-state index >= 15 is 0 Å². The molecule has 0 atom stereocenters. The van der Waals surface area contributed by atoms with Gasteiger partial charge in [0.05, 0.1) is 5.52 Å². The summed E-state index contributed by atoms with van der Waals surface area (Å²) in [6.07, 6.45) is 0. The third-order valence-electron chi connectivity index (χ3n) is 4.77. The number of nitrogens with zero attached hydrogens (tertiary/aromatic N) is 1. The van der Waals surface area contributed by atoms with Crippen LogP contribution in [0, 0.1) is 13.8 Å². The number of aromatic nitrogens is 1. The highest BCUT2D eigenvalue weighted by molar-refractivity contribution is 7.25. The van der Waals surface area contributed by atoms with Gasteiger partial charge in [-0.05, 0) is 48.6 Å². The Morgan fingerprint density at radius 2 is 1.52 bits per heavy atom. The summed E-state index contributed by atoms with van der Waals surface area (Å²) < 4.78 is 1.33. The third kappa shape index (κ3) is 1.82. The van der Waals surface area contributed by atoms with Crippen molar-refractivity contribution < 1.29 is 0 Å². The largest absolute Gasteiger partial charge is 0.236 e. The number of hydrogen-bond donors (Lipinski definition) is 0. The second-order valence-electron chi connectivity index (χ2n) is 6.23. The predicted octanol–water partition coefficient (Wildman–Crippen LogP) is 6.37. The van der Waals surface area contributed by atoms with Gasteiger partial charge in [0, 0.05) is 26.2 Å². The Bertz CT molecular complexity index is 1230. The van der Waals surface area contributed by atoms with Gasteiger partial charge < -0.3 is 0 Å². The number of hydrogen-bond acceptors (Lipinski definition) is 2. The molecule has 0 unspecified atom stereocenters. The SMILES string of the molecule is Cc1cc2sc3nc4c(ccc5ccccc54)cc3c2cc1C. The van der Waals surface area contributed by atoms with E-state index in [4.69, 9.17) is 4.98 Å². The molecule has 0 bridgehead atoms. The highest BCUT2D eigenvalue weighted by atomic mass is 32.1. The Labute approximate surface area is 138 Å². The fourth-order valence-corrected chi connectivity index (χ4v) is 4.49. The van der Waals surface area contributed by atoms with Gasteiger partial charge >= 0.3 is 0 Å². The van der Waals surface area contributed by atoms with Crippen LogP contribution in [0.4, 0.5) is 0 Å². The Hall–Kier alpha value is -2.45. The van der Waals surface area contributed by atoms with Gasteiger partial charge in [-0.2, -0.15) is 0 Å². The smallest absolute Gasteiger partial charge is 0.125 e. The maximum Gasteiger partial charge on any atom is 0.125 e. The predicted molar refractivity (Wildman–Crippen MR) is 102 cm³/mol. The van der Waals surface area contributed by atoms with Crippen molar-refractivity contribution in [2.75, 3.05) is 0 Å². The molecule has 0 amide bonds. The van der Waals surface area contributed by atoms with E-state index in [2.05, 4.69) is 68.4 Å². The van der Waals surface area contributed by atoms with Gasteiger partial charge in [0.2, 0.25) is 0 Å². The monoisotopic (exact) mass is 313 g/mol. The summed E-state index contributed by atoms with van der Waals surface area (Å²) >= 11 is 1.80. The van der Waals surface area contributed by atoms with Crippen LogP contribution in [0.25, 0.3) is 42.0 Å². The third-order valence-corrected chi connectivity index (χ3v) is 5.83. The fourth-order valence-electron chi connectivity index (χ4n) is 3.35. The van der Waals surface area contributed by atoms with Crippen LogP contribution >= 0.6 is 11.3 Å². The topological polar surface area (TPSA) is 12.9 Å². The van der Waals surface area contributed by atoms with E-state index in [1.165, 1.54) is 42.8 Å². The van der Waals surface area contributed by atoms with Crippen molar-refractivity contribution in [3.05, 3.63) is 65.7 Å². The minimum atomic E-state index is 1.11. The summed E-state index contributed by atoms with van der Waals surface area (Å²) in [4.78, 5) is 6.15. The summed E-state index contributed by atoms with van der Waals surface area (Å²) in [5.41, 5.74) is 3.80. The average molecular weight is 313 g/mol. The van der Waals surface area contributed by atoms with Crippen LogP contribution in [0.1, 0.15) is 11.1 Å². The number of benzene rings is 3. The van der Waals surface area contributed by atoms with E-state index in [1.807, 2.05) is 0 Å². The van der Waals surface area contributed by atoms with Gasteiger partial charge in [0.15, 0.2) is 0 Å². The molecule has 0 fully saturated rings. The molecule has 5 rings (SSSR count). The lowest BCUT2D eigenvalue weighted by molar-refractivity contribution is 1.37. The zero-order valence-electron chi connectivity index (χ0n) is 13.1. The van der Waals surface area contributed by atoms with Crippen molar-refractivity contribution in [3.8, 4) is 0 Å². The van der Waals surface area contributed by atoms with Crippen LogP contribution in [-0.2, 0) is 0 Å². The number of rotatable bonds is 0. The number of thiophene rings is 1. The van der Waals surface area contributed by atoms with Crippen LogP contribution < -0.4 is 0 Å². The Kier molecular flexibility index (Phi) is 2.56. The zero-order valence-corrected chi connectivity index (χ0v) is 13.9. The molecule has 0 aliphatic rings. The number of fused-ring (bicyclic) bond motifs is 6. The molecule has 0 aliphatic heterocycles. The van der Waals surface area contributed by atoms with E-state index in [1.54, 1.807) is 11.3 Å². The zero-order chi connectivity index (χ0) is 15.6. The Morgan fingerprint density at radius 1 is 0.739 bits per heavy atom. The molecule has 0 saturated heterocycles. The summed E-state index contributed by atoms with van der Waals surface area (Å²) in [6.45, 7) is 4.36. The summed E-state index contributed by atoms with van der Waals surface area (Å²) in [5.74, 6) is 0. The first-order valence-corrected chi connectivity index (χ1v) is 8.64. The molecule has 0 spiro atoms. The fraction of sp³-hybridized carbons (Fsp3) is 0.0952. The summed E-state index contributed by atoms with van der Waals surface area (Å²) in [6, 6.07) is 19.8. The highest BCUT2D eigenvalue weighted by Crippen LogP contribution is 2.37. The molecular weight excluding hydrogens is 298 g/mol.